The highest BCUT2D eigenvalue weighted by molar-refractivity contribution is 6.33. The third-order valence-electron chi connectivity index (χ3n) is 4.79. The zero-order valence-electron chi connectivity index (χ0n) is 15.5. The maximum atomic E-state index is 12.3. The number of hydrogen-bond acceptors (Lipinski definition) is 5. The van der Waals surface area contributed by atoms with Gasteiger partial charge in [-0.3, -0.25) is 14.6 Å². The number of hydrogen-bond donors (Lipinski definition) is 2. The summed E-state index contributed by atoms with van der Waals surface area (Å²) in [6.07, 6.45) is 2.15. The summed E-state index contributed by atoms with van der Waals surface area (Å²) in [6.45, 7) is 6.80. The molecule has 2 aromatic rings. The van der Waals surface area contributed by atoms with Gasteiger partial charge in [-0.05, 0) is 25.5 Å². The molecule has 2 heterocycles. The molecule has 0 spiro atoms. The van der Waals surface area contributed by atoms with Crippen LogP contribution in [0.1, 0.15) is 30.6 Å². The van der Waals surface area contributed by atoms with Gasteiger partial charge in [-0.25, -0.2) is 4.98 Å². The number of aromatic nitrogens is 2. The van der Waals surface area contributed by atoms with E-state index >= 15 is 0 Å². The highest BCUT2D eigenvalue weighted by Crippen LogP contribution is 2.26. The first-order valence-corrected chi connectivity index (χ1v) is 9.52. The van der Waals surface area contributed by atoms with E-state index in [2.05, 4.69) is 20.2 Å². The van der Waals surface area contributed by atoms with Gasteiger partial charge in [0, 0.05) is 38.4 Å². The van der Waals surface area contributed by atoms with E-state index in [1.807, 2.05) is 43.0 Å². The number of para-hydroxylation sites is 1. The number of amides is 1. The van der Waals surface area contributed by atoms with Gasteiger partial charge < -0.3 is 15.1 Å². The standard InChI is InChI=1S/C19H24ClN5O2/c1-3-13(2)22-17(26)14-12-21-19(23-18(14)27)25-10-8-24(9-11-25)16-7-5-4-6-15(16)20/h4-7,12-13H,3,8-11H2,1-2H3,(H,22,26)(H,21,23,27). The number of H-pyrrole nitrogens is 1. The fourth-order valence-corrected chi connectivity index (χ4v) is 3.23. The van der Waals surface area contributed by atoms with E-state index < -0.39 is 11.5 Å². The van der Waals surface area contributed by atoms with Crippen LogP contribution < -0.4 is 20.7 Å². The molecule has 2 N–H and O–H groups in total. The zero-order valence-corrected chi connectivity index (χ0v) is 16.3. The van der Waals surface area contributed by atoms with Crippen LogP contribution in [0, 0.1) is 0 Å². The number of rotatable bonds is 5. The number of halogens is 1. The Morgan fingerprint density at radius 3 is 2.56 bits per heavy atom. The van der Waals surface area contributed by atoms with Gasteiger partial charge in [0.1, 0.15) is 5.56 Å². The van der Waals surface area contributed by atoms with E-state index in [0.717, 1.165) is 30.2 Å². The second-order valence-electron chi connectivity index (χ2n) is 6.66. The lowest BCUT2D eigenvalue weighted by Gasteiger charge is -2.36. The highest BCUT2D eigenvalue weighted by atomic mass is 35.5. The summed E-state index contributed by atoms with van der Waals surface area (Å²) < 4.78 is 0. The SMILES string of the molecule is CCC(C)NC(=O)c1cnc(N2CCN(c3ccccc3Cl)CC2)[nH]c1=O. The number of piperazine rings is 1. The first kappa shape index (κ1) is 19.2. The van der Waals surface area contributed by atoms with E-state index in [0.29, 0.717) is 19.0 Å². The Kier molecular flexibility index (Phi) is 6.01. The van der Waals surface area contributed by atoms with Crippen LogP contribution in [0.4, 0.5) is 11.6 Å². The Morgan fingerprint density at radius 2 is 1.93 bits per heavy atom. The maximum absolute atomic E-state index is 12.3. The summed E-state index contributed by atoms with van der Waals surface area (Å²) in [5, 5.41) is 3.51. The number of nitrogens with zero attached hydrogens (tertiary/aromatic N) is 3. The molecule has 1 fully saturated rings. The van der Waals surface area contributed by atoms with Crippen molar-refractivity contribution in [2.75, 3.05) is 36.0 Å². The van der Waals surface area contributed by atoms with Crippen molar-refractivity contribution in [3.63, 3.8) is 0 Å². The summed E-state index contributed by atoms with van der Waals surface area (Å²) >= 11 is 6.27. The van der Waals surface area contributed by atoms with Crippen LogP contribution in [-0.2, 0) is 0 Å². The molecule has 1 aliphatic rings. The molecule has 1 aliphatic heterocycles. The fraction of sp³-hybridized carbons (Fsp3) is 0.421. The molecular weight excluding hydrogens is 366 g/mol. The lowest BCUT2D eigenvalue weighted by Crippen LogP contribution is -2.47. The quantitative estimate of drug-likeness (QED) is 0.819. The van der Waals surface area contributed by atoms with Gasteiger partial charge >= 0.3 is 0 Å². The summed E-state index contributed by atoms with van der Waals surface area (Å²) in [7, 11) is 0. The monoisotopic (exact) mass is 389 g/mol. The van der Waals surface area contributed by atoms with Gasteiger partial charge in [-0.2, -0.15) is 0 Å². The van der Waals surface area contributed by atoms with Crippen LogP contribution >= 0.6 is 11.6 Å². The van der Waals surface area contributed by atoms with Crippen molar-refractivity contribution in [3.8, 4) is 0 Å². The largest absolute Gasteiger partial charge is 0.367 e. The van der Waals surface area contributed by atoms with Gasteiger partial charge in [-0.15, -0.1) is 0 Å². The van der Waals surface area contributed by atoms with Crippen LogP contribution in [0.3, 0.4) is 0 Å². The first-order valence-electron chi connectivity index (χ1n) is 9.14. The first-order chi connectivity index (χ1) is 13.0. The lowest BCUT2D eigenvalue weighted by molar-refractivity contribution is 0.0937. The normalized spacial score (nSPS) is 15.5. The van der Waals surface area contributed by atoms with Crippen molar-refractivity contribution in [1.29, 1.82) is 0 Å². The third kappa shape index (κ3) is 4.42. The zero-order chi connectivity index (χ0) is 19.4. The predicted octanol–water partition coefficient (Wildman–Crippen LogP) is 2.28. The van der Waals surface area contributed by atoms with Crippen LogP contribution in [0.25, 0.3) is 0 Å². The van der Waals surface area contributed by atoms with Gasteiger partial charge in [0.25, 0.3) is 11.5 Å². The molecular formula is C19H24ClN5O2. The smallest absolute Gasteiger partial charge is 0.265 e. The highest BCUT2D eigenvalue weighted by Gasteiger charge is 2.21. The molecule has 1 saturated heterocycles. The van der Waals surface area contributed by atoms with Crippen LogP contribution in [0.2, 0.25) is 5.02 Å². The van der Waals surface area contributed by atoms with Crippen molar-refractivity contribution in [2.24, 2.45) is 0 Å². The molecule has 7 nitrogen and oxygen atoms in total. The number of benzene rings is 1. The topological polar surface area (TPSA) is 81.3 Å². The molecule has 27 heavy (non-hydrogen) atoms. The van der Waals surface area contributed by atoms with Crippen molar-refractivity contribution in [3.05, 3.63) is 51.4 Å². The van der Waals surface area contributed by atoms with E-state index in [-0.39, 0.29) is 11.6 Å². The maximum Gasteiger partial charge on any atom is 0.265 e. The van der Waals surface area contributed by atoms with Gasteiger partial charge in [0.2, 0.25) is 5.95 Å². The summed E-state index contributed by atoms with van der Waals surface area (Å²) in [6, 6.07) is 7.77. The van der Waals surface area contributed by atoms with Crippen LogP contribution in [0.15, 0.2) is 35.3 Å². The number of aromatic amines is 1. The Morgan fingerprint density at radius 1 is 1.26 bits per heavy atom. The van der Waals surface area contributed by atoms with Gasteiger partial charge in [0.05, 0.1) is 10.7 Å². The molecule has 3 rings (SSSR count). The molecule has 0 aliphatic carbocycles. The summed E-state index contributed by atoms with van der Waals surface area (Å²) in [5.41, 5.74) is 0.625. The van der Waals surface area contributed by atoms with Crippen molar-refractivity contribution < 1.29 is 4.79 Å². The van der Waals surface area contributed by atoms with Crippen molar-refractivity contribution in [1.82, 2.24) is 15.3 Å². The summed E-state index contributed by atoms with van der Waals surface area (Å²) in [4.78, 5) is 35.7. The number of nitrogens with one attached hydrogen (secondary N) is 2. The number of carbonyl (C=O) groups is 1. The van der Waals surface area contributed by atoms with E-state index in [9.17, 15) is 9.59 Å². The minimum Gasteiger partial charge on any atom is -0.367 e. The number of anilines is 2. The Balaban J connectivity index is 1.67. The molecule has 0 radical (unpaired) electrons. The van der Waals surface area contributed by atoms with Crippen molar-refractivity contribution >= 4 is 29.1 Å². The molecule has 8 heteroatoms. The Bertz CT molecular complexity index is 861. The minimum absolute atomic E-state index is 0.00876. The lowest BCUT2D eigenvalue weighted by atomic mass is 10.2. The number of carbonyl (C=O) groups excluding carboxylic acids is 1. The van der Waals surface area contributed by atoms with E-state index in [1.54, 1.807) is 0 Å². The molecule has 1 unspecified atom stereocenters. The van der Waals surface area contributed by atoms with Gasteiger partial charge in [0.15, 0.2) is 0 Å². The molecule has 1 aromatic heterocycles. The van der Waals surface area contributed by atoms with Gasteiger partial charge in [-0.1, -0.05) is 30.7 Å². The average molecular weight is 390 g/mol. The molecule has 1 aromatic carbocycles. The molecule has 144 valence electrons. The van der Waals surface area contributed by atoms with Crippen LogP contribution in [-0.4, -0.2) is 48.1 Å². The Hall–Kier alpha value is -2.54. The minimum atomic E-state index is -0.422. The predicted molar refractivity (Wildman–Crippen MR) is 108 cm³/mol. The van der Waals surface area contributed by atoms with Crippen molar-refractivity contribution in [2.45, 2.75) is 26.3 Å². The summed E-state index contributed by atoms with van der Waals surface area (Å²) in [5.74, 6) is 0.0899. The van der Waals surface area contributed by atoms with E-state index in [1.165, 1.54) is 6.20 Å². The third-order valence-corrected chi connectivity index (χ3v) is 5.11. The van der Waals surface area contributed by atoms with Crippen LogP contribution in [0.5, 0.6) is 0 Å². The Labute approximate surface area is 163 Å². The molecule has 1 atom stereocenters. The second-order valence-corrected chi connectivity index (χ2v) is 7.07. The second kappa shape index (κ2) is 8.43. The average Bonchev–Trinajstić information content (AvgIpc) is 2.68. The fourth-order valence-electron chi connectivity index (χ4n) is 2.98. The molecule has 1 amide bonds. The molecule has 0 bridgehead atoms. The molecule has 0 saturated carbocycles. The van der Waals surface area contributed by atoms with E-state index in [4.69, 9.17) is 11.6 Å².